The van der Waals surface area contributed by atoms with E-state index in [0.29, 0.717) is 6.04 Å². The molecular weight excluding hydrogens is 238 g/mol. The van der Waals surface area contributed by atoms with E-state index >= 15 is 0 Å². The normalized spacial score (nSPS) is 12.8. The molecule has 0 saturated heterocycles. The van der Waals surface area contributed by atoms with E-state index in [0.717, 1.165) is 24.7 Å². The number of aromatic nitrogens is 1. The van der Waals surface area contributed by atoms with Gasteiger partial charge >= 0.3 is 0 Å². The zero-order chi connectivity index (χ0) is 14.3. The molecule has 108 valence electrons. The summed E-state index contributed by atoms with van der Waals surface area (Å²) in [4.78, 5) is 6.69. The van der Waals surface area contributed by atoms with Gasteiger partial charge in [0.05, 0.1) is 6.10 Å². The highest BCUT2D eigenvalue weighted by molar-refractivity contribution is 5.49. The Kier molecular flexibility index (Phi) is 6.64. The van der Waals surface area contributed by atoms with Gasteiger partial charge in [-0.2, -0.15) is 0 Å². The lowest BCUT2D eigenvalue weighted by atomic mass is 10.2. The van der Waals surface area contributed by atoms with E-state index < -0.39 is 0 Å². The van der Waals surface area contributed by atoms with Crippen LogP contribution in [0.15, 0.2) is 18.3 Å². The number of nitrogens with one attached hydrogen (secondary N) is 1. The molecule has 0 bridgehead atoms. The van der Waals surface area contributed by atoms with E-state index in [1.807, 2.05) is 26.0 Å². The Morgan fingerprint density at radius 1 is 1.37 bits per heavy atom. The molecular formula is C15H27N3O. The second-order valence-corrected chi connectivity index (χ2v) is 5.18. The first-order valence-corrected chi connectivity index (χ1v) is 7.10. The molecule has 1 N–H and O–H groups in total. The summed E-state index contributed by atoms with van der Waals surface area (Å²) in [6.45, 7) is 10.4. The van der Waals surface area contributed by atoms with Crippen molar-refractivity contribution in [1.82, 2.24) is 9.88 Å². The molecule has 1 unspecified atom stereocenters. The summed E-state index contributed by atoms with van der Waals surface area (Å²) < 4.78 is 5.73. The number of pyridine rings is 1. The summed E-state index contributed by atoms with van der Waals surface area (Å²) in [5.74, 6) is 1.65. The largest absolute Gasteiger partial charge is 0.487 e. The topological polar surface area (TPSA) is 37.4 Å². The molecule has 0 aromatic carbocycles. The molecule has 1 atom stereocenters. The highest BCUT2D eigenvalue weighted by Crippen LogP contribution is 2.21. The first kappa shape index (κ1) is 15.8. The fraction of sp³-hybridized carbons (Fsp3) is 0.667. The fourth-order valence-electron chi connectivity index (χ4n) is 1.76. The quantitative estimate of drug-likeness (QED) is 0.784. The number of hydrogen-bond donors (Lipinski definition) is 1. The zero-order valence-electron chi connectivity index (χ0n) is 12.8. The molecule has 1 aromatic heterocycles. The minimum absolute atomic E-state index is 0.160. The molecule has 1 aromatic rings. The van der Waals surface area contributed by atoms with Gasteiger partial charge in [-0.05, 0) is 46.4 Å². The van der Waals surface area contributed by atoms with E-state index in [4.69, 9.17) is 4.74 Å². The van der Waals surface area contributed by atoms with Gasteiger partial charge < -0.3 is 15.0 Å². The lowest BCUT2D eigenvalue weighted by molar-refractivity contribution is 0.242. The van der Waals surface area contributed by atoms with Crippen LogP contribution >= 0.6 is 0 Å². The number of hydrogen-bond acceptors (Lipinski definition) is 4. The lowest BCUT2D eigenvalue weighted by Gasteiger charge is -2.23. The fourth-order valence-corrected chi connectivity index (χ4v) is 1.76. The van der Waals surface area contributed by atoms with Crippen molar-refractivity contribution in [2.24, 2.45) is 0 Å². The Bertz CT molecular complexity index is 368. The van der Waals surface area contributed by atoms with Gasteiger partial charge in [0.2, 0.25) is 0 Å². The summed E-state index contributed by atoms with van der Waals surface area (Å²) in [6.07, 6.45) is 3.11. The molecule has 0 radical (unpaired) electrons. The summed E-state index contributed by atoms with van der Waals surface area (Å²) in [7, 11) is 2.15. The van der Waals surface area contributed by atoms with E-state index in [2.05, 4.69) is 36.1 Å². The highest BCUT2D eigenvalue weighted by atomic mass is 16.5. The minimum Gasteiger partial charge on any atom is -0.487 e. The van der Waals surface area contributed by atoms with E-state index in [1.54, 1.807) is 6.20 Å². The van der Waals surface area contributed by atoms with Crippen LogP contribution < -0.4 is 10.1 Å². The predicted molar refractivity (Wildman–Crippen MR) is 80.9 cm³/mol. The molecule has 0 saturated carbocycles. The molecule has 4 nitrogen and oxygen atoms in total. The van der Waals surface area contributed by atoms with Crippen molar-refractivity contribution < 1.29 is 4.74 Å². The average Bonchev–Trinajstić information content (AvgIpc) is 2.39. The van der Waals surface area contributed by atoms with Gasteiger partial charge in [0.15, 0.2) is 11.6 Å². The van der Waals surface area contributed by atoms with Crippen molar-refractivity contribution in [2.45, 2.75) is 46.3 Å². The van der Waals surface area contributed by atoms with Crippen LogP contribution in [0.25, 0.3) is 0 Å². The van der Waals surface area contributed by atoms with Gasteiger partial charge in [-0.3, -0.25) is 0 Å². The SMILES string of the molecule is CCC(C)N(C)CCNc1ncccc1OC(C)C. The standard InChI is InChI=1S/C15H27N3O/c1-6-13(4)18(5)11-10-17-15-14(19-12(2)3)8-7-9-16-15/h7-9,12-13H,6,10-11H2,1-5H3,(H,16,17). The van der Waals surface area contributed by atoms with Gasteiger partial charge in [0.1, 0.15) is 0 Å². The van der Waals surface area contributed by atoms with Crippen LogP contribution in [-0.2, 0) is 0 Å². The third kappa shape index (κ3) is 5.47. The van der Waals surface area contributed by atoms with Crippen LogP contribution in [0.4, 0.5) is 5.82 Å². The Labute approximate surface area is 117 Å². The maximum Gasteiger partial charge on any atom is 0.168 e. The Hall–Kier alpha value is -1.29. The molecule has 0 amide bonds. The molecule has 0 aliphatic carbocycles. The van der Waals surface area contributed by atoms with E-state index in [-0.39, 0.29) is 6.10 Å². The summed E-state index contributed by atoms with van der Waals surface area (Å²) in [6, 6.07) is 4.46. The molecule has 4 heteroatoms. The van der Waals surface area contributed by atoms with Gasteiger partial charge in [0, 0.05) is 25.3 Å². The van der Waals surface area contributed by atoms with Crippen molar-refractivity contribution >= 4 is 5.82 Å². The van der Waals surface area contributed by atoms with Crippen LogP contribution in [-0.4, -0.2) is 42.2 Å². The van der Waals surface area contributed by atoms with E-state index in [1.165, 1.54) is 6.42 Å². The van der Waals surface area contributed by atoms with Crippen molar-refractivity contribution in [3.63, 3.8) is 0 Å². The van der Waals surface area contributed by atoms with Crippen LogP contribution in [0.1, 0.15) is 34.1 Å². The maximum atomic E-state index is 5.73. The number of anilines is 1. The van der Waals surface area contributed by atoms with Crippen molar-refractivity contribution in [1.29, 1.82) is 0 Å². The number of nitrogens with zero attached hydrogens (tertiary/aromatic N) is 2. The molecule has 1 heterocycles. The molecule has 0 fully saturated rings. The van der Waals surface area contributed by atoms with E-state index in [9.17, 15) is 0 Å². The van der Waals surface area contributed by atoms with Gasteiger partial charge in [-0.25, -0.2) is 4.98 Å². The molecule has 0 aliphatic rings. The Morgan fingerprint density at radius 2 is 2.11 bits per heavy atom. The third-order valence-electron chi connectivity index (χ3n) is 3.23. The molecule has 0 aliphatic heterocycles. The number of likely N-dealkylation sites (N-methyl/N-ethyl adjacent to an activating group) is 1. The first-order valence-electron chi connectivity index (χ1n) is 7.10. The van der Waals surface area contributed by atoms with Gasteiger partial charge in [-0.1, -0.05) is 6.92 Å². The van der Waals surface area contributed by atoms with Crippen LogP contribution in [0.3, 0.4) is 0 Å². The molecule has 1 rings (SSSR count). The van der Waals surface area contributed by atoms with Gasteiger partial charge in [-0.15, -0.1) is 0 Å². The van der Waals surface area contributed by atoms with Crippen LogP contribution in [0.5, 0.6) is 5.75 Å². The monoisotopic (exact) mass is 265 g/mol. The third-order valence-corrected chi connectivity index (χ3v) is 3.23. The second kappa shape index (κ2) is 8.00. The smallest absolute Gasteiger partial charge is 0.168 e. The maximum absolute atomic E-state index is 5.73. The summed E-state index contributed by atoms with van der Waals surface area (Å²) in [5.41, 5.74) is 0. The Balaban J connectivity index is 2.49. The number of ether oxygens (including phenoxy) is 1. The van der Waals surface area contributed by atoms with Crippen LogP contribution in [0, 0.1) is 0 Å². The van der Waals surface area contributed by atoms with Crippen molar-refractivity contribution in [2.75, 3.05) is 25.5 Å². The molecule has 19 heavy (non-hydrogen) atoms. The summed E-state index contributed by atoms with van der Waals surface area (Å²) in [5, 5.41) is 3.35. The Morgan fingerprint density at radius 3 is 2.74 bits per heavy atom. The molecule has 0 spiro atoms. The second-order valence-electron chi connectivity index (χ2n) is 5.18. The predicted octanol–water partition coefficient (Wildman–Crippen LogP) is 3.01. The summed E-state index contributed by atoms with van der Waals surface area (Å²) >= 11 is 0. The van der Waals surface area contributed by atoms with Crippen LogP contribution in [0.2, 0.25) is 0 Å². The lowest BCUT2D eigenvalue weighted by Crippen LogP contribution is -2.32. The average molecular weight is 265 g/mol. The first-order chi connectivity index (χ1) is 9.04. The number of rotatable bonds is 8. The van der Waals surface area contributed by atoms with Crippen molar-refractivity contribution in [3.05, 3.63) is 18.3 Å². The zero-order valence-corrected chi connectivity index (χ0v) is 12.8. The highest BCUT2D eigenvalue weighted by Gasteiger charge is 2.08. The minimum atomic E-state index is 0.160. The van der Waals surface area contributed by atoms with Gasteiger partial charge in [0.25, 0.3) is 0 Å². The van der Waals surface area contributed by atoms with Crippen molar-refractivity contribution in [3.8, 4) is 5.75 Å².